The zero-order chi connectivity index (χ0) is 37.8. The van der Waals surface area contributed by atoms with Crippen molar-refractivity contribution in [3.8, 4) is 0 Å². The van der Waals surface area contributed by atoms with Crippen molar-refractivity contribution >= 4 is 35.5 Å². The largest absolute Gasteiger partial charge is 0.481 e. The molecule has 0 saturated heterocycles. The number of nitrogens with one attached hydrogen (secondary N) is 6. The Bertz CT molecular complexity index is 1230. The van der Waals surface area contributed by atoms with E-state index in [0.29, 0.717) is 32.2 Å². The number of benzene rings is 1. The lowest BCUT2D eigenvalue weighted by Crippen LogP contribution is -2.58. The van der Waals surface area contributed by atoms with Gasteiger partial charge in [-0.05, 0) is 62.8 Å². The average molecular weight is 703 g/mol. The van der Waals surface area contributed by atoms with Crippen molar-refractivity contribution in [2.45, 2.75) is 131 Å². The van der Waals surface area contributed by atoms with Gasteiger partial charge in [-0.15, -0.1) is 0 Å². The van der Waals surface area contributed by atoms with Crippen LogP contribution in [0.3, 0.4) is 0 Å². The first-order valence-electron chi connectivity index (χ1n) is 18.1. The molecule has 0 spiro atoms. The average Bonchev–Trinajstić information content (AvgIpc) is 3.05. The second-order valence-corrected chi connectivity index (χ2v) is 13.9. The van der Waals surface area contributed by atoms with Crippen LogP contribution in [-0.4, -0.2) is 83.9 Å². The molecule has 0 radical (unpaired) electrons. The third-order valence-electron chi connectivity index (χ3n) is 8.57. The summed E-state index contributed by atoms with van der Waals surface area (Å²) in [6.07, 6.45) is 1.97. The van der Waals surface area contributed by atoms with E-state index in [2.05, 4.69) is 31.9 Å². The van der Waals surface area contributed by atoms with Crippen LogP contribution in [0.15, 0.2) is 30.3 Å². The van der Waals surface area contributed by atoms with Gasteiger partial charge in [0.25, 0.3) is 0 Å². The van der Waals surface area contributed by atoms with Gasteiger partial charge in [-0.25, -0.2) is 0 Å². The Labute approximate surface area is 298 Å². The van der Waals surface area contributed by atoms with Gasteiger partial charge in [0, 0.05) is 32.0 Å². The van der Waals surface area contributed by atoms with Gasteiger partial charge in [0.2, 0.25) is 29.5 Å². The number of amides is 5. The van der Waals surface area contributed by atoms with E-state index in [9.17, 15) is 28.8 Å². The molecule has 1 aromatic carbocycles. The van der Waals surface area contributed by atoms with Crippen LogP contribution in [0.4, 0.5) is 0 Å². The Balaban J connectivity index is 3.12. The standard InChI is InChI=1S/C37H62N6O7/c1-9-25(7)33(42-30(44)17-14-18-31(45)46)37(50)41-29(20-19-27-15-12-11-13-16-27)35(48)40-28(21-23(3)4)22-39-26(8)34(47)43-32(24(5)6)36(49)38-10-2/h11-13,15-16,23-26,28-29,32-33,39H,9-10,14,17-22H2,1-8H3,(H,38,49)(H,40,48)(H,41,50)(H,42,44)(H,43,47)(H,45,46)/t25-,26-,28-,29-,32?,33-/m0/s1. The number of aryl methyl sites for hydroxylation is 1. The lowest BCUT2D eigenvalue weighted by atomic mass is 9.96. The Morgan fingerprint density at radius 1 is 0.740 bits per heavy atom. The molecule has 1 rings (SSSR count). The molecule has 282 valence electrons. The first kappa shape index (κ1) is 44.0. The highest BCUT2D eigenvalue weighted by molar-refractivity contribution is 5.92. The molecular weight excluding hydrogens is 640 g/mol. The van der Waals surface area contributed by atoms with Crippen LogP contribution in [0, 0.1) is 17.8 Å². The number of carbonyl (C=O) groups is 6. The summed E-state index contributed by atoms with van der Waals surface area (Å²) in [5, 5.41) is 26.4. The number of rotatable bonds is 24. The highest BCUT2D eigenvalue weighted by Crippen LogP contribution is 2.13. The maximum Gasteiger partial charge on any atom is 0.303 e. The highest BCUT2D eigenvalue weighted by atomic mass is 16.4. The van der Waals surface area contributed by atoms with Gasteiger partial charge in [-0.2, -0.15) is 0 Å². The van der Waals surface area contributed by atoms with E-state index in [0.717, 1.165) is 5.56 Å². The molecule has 0 heterocycles. The van der Waals surface area contributed by atoms with Gasteiger partial charge in [0.1, 0.15) is 18.1 Å². The Morgan fingerprint density at radius 2 is 1.40 bits per heavy atom. The molecule has 5 amide bonds. The maximum absolute atomic E-state index is 13.9. The van der Waals surface area contributed by atoms with Crippen molar-refractivity contribution in [1.82, 2.24) is 31.9 Å². The minimum atomic E-state index is -0.999. The Morgan fingerprint density at radius 3 is 1.96 bits per heavy atom. The summed E-state index contributed by atoms with van der Waals surface area (Å²) in [4.78, 5) is 76.6. The van der Waals surface area contributed by atoms with Crippen LogP contribution in [-0.2, 0) is 35.2 Å². The third-order valence-corrected chi connectivity index (χ3v) is 8.57. The van der Waals surface area contributed by atoms with E-state index >= 15 is 0 Å². The monoisotopic (exact) mass is 702 g/mol. The third kappa shape index (κ3) is 17.1. The molecule has 0 aliphatic carbocycles. The van der Waals surface area contributed by atoms with Crippen LogP contribution in [0.2, 0.25) is 0 Å². The van der Waals surface area contributed by atoms with Crippen molar-refractivity contribution in [2.75, 3.05) is 13.1 Å². The molecule has 1 aromatic rings. The molecule has 50 heavy (non-hydrogen) atoms. The number of carboxylic acids is 1. The second-order valence-electron chi connectivity index (χ2n) is 13.9. The predicted molar refractivity (Wildman–Crippen MR) is 194 cm³/mol. The minimum Gasteiger partial charge on any atom is -0.481 e. The molecule has 7 N–H and O–H groups in total. The van der Waals surface area contributed by atoms with E-state index in [1.54, 1.807) is 6.92 Å². The van der Waals surface area contributed by atoms with Gasteiger partial charge in [-0.1, -0.05) is 78.3 Å². The second kappa shape index (κ2) is 23.4. The molecule has 6 atom stereocenters. The summed E-state index contributed by atoms with van der Waals surface area (Å²) in [7, 11) is 0. The van der Waals surface area contributed by atoms with Crippen LogP contribution >= 0.6 is 0 Å². The fourth-order valence-electron chi connectivity index (χ4n) is 5.41. The minimum absolute atomic E-state index is 0.0329. The number of hydrogen-bond acceptors (Lipinski definition) is 7. The molecule has 0 saturated carbocycles. The molecule has 0 bridgehead atoms. The van der Waals surface area contributed by atoms with Gasteiger partial charge in [-0.3, -0.25) is 28.8 Å². The van der Waals surface area contributed by atoms with Crippen molar-refractivity contribution in [1.29, 1.82) is 0 Å². The molecule has 13 nitrogen and oxygen atoms in total. The van der Waals surface area contributed by atoms with Gasteiger partial charge >= 0.3 is 5.97 Å². The number of aliphatic carboxylic acids is 1. The van der Waals surface area contributed by atoms with Gasteiger partial charge < -0.3 is 37.0 Å². The fourth-order valence-corrected chi connectivity index (χ4v) is 5.41. The summed E-state index contributed by atoms with van der Waals surface area (Å²) < 4.78 is 0. The molecule has 0 fully saturated rings. The molecular formula is C37H62N6O7. The zero-order valence-electron chi connectivity index (χ0n) is 31.3. The fraction of sp³-hybridized carbons (Fsp3) is 0.676. The summed E-state index contributed by atoms with van der Waals surface area (Å²) in [5.41, 5.74) is 0.998. The smallest absolute Gasteiger partial charge is 0.303 e. The predicted octanol–water partition coefficient (Wildman–Crippen LogP) is 2.68. The van der Waals surface area contributed by atoms with Crippen molar-refractivity contribution < 1.29 is 33.9 Å². The Kier molecular flexibility index (Phi) is 20.6. The van der Waals surface area contributed by atoms with Crippen molar-refractivity contribution in [2.24, 2.45) is 17.8 Å². The first-order valence-corrected chi connectivity index (χ1v) is 18.1. The normalized spacial score (nSPS) is 14.8. The quantitative estimate of drug-likeness (QED) is 0.0854. The van der Waals surface area contributed by atoms with Gasteiger partial charge in [0.05, 0.1) is 6.04 Å². The van der Waals surface area contributed by atoms with Gasteiger partial charge in [0.15, 0.2) is 0 Å². The molecule has 0 aliphatic rings. The van der Waals surface area contributed by atoms with E-state index in [1.807, 2.05) is 78.8 Å². The lowest BCUT2D eigenvalue weighted by molar-refractivity contribution is -0.137. The lowest BCUT2D eigenvalue weighted by Gasteiger charge is -2.29. The number of carbonyl (C=O) groups excluding carboxylic acids is 5. The van der Waals surface area contributed by atoms with E-state index in [4.69, 9.17) is 5.11 Å². The van der Waals surface area contributed by atoms with E-state index in [-0.39, 0.29) is 67.3 Å². The van der Waals surface area contributed by atoms with Crippen LogP contribution < -0.4 is 31.9 Å². The van der Waals surface area contributed by atoms with Crippen molar-refractivity contribution in [3.63, 3.8) is 0 Å². The number of hydrogen-bond donors (Lipinski definition) is 7. The SMILES string of the molecule is CCNC(=O)C(NC(=O)[C@H](C)NC[C@H](CC(C)C)NC(=O)[C@H](CCc1ccccc1)NC(=O)[C@@H](NC(=O)CCCC(=O)O)[C@@H](C)CC)C(C)C. The highest BCUT2D eigenvalue weighted by Gasteiger charge is 2.31. The maximum atomic E-state index is 13.9. The first-order chi connectivity index (χ1) is 23.6. The topological polar surface area (TPSA) is 195 Å². The van der Waals surface area contributed by atoms with Crippen molar-refractivity contribution in [3.05, 3.63) is 35.9 Å². The summed E-state index contributed by atoms with van der Waals surface area (Å²) in [5.74, 6) is -3.03. The Hall–Kier alpha value is -4.00. The summed E-state index contributed by atoms with van der Waals surface area (Å²) >= 11 is 0. The number of likely N-dealkylation sites (N-methyl/N-ethyl adjacent to an activating group) is 1. The summed E-state index contributed by atoms with van der Waals surface area (Å²) in [6, 6.07) is 6.07. The molecule has 0 aromatic heterocycles. The number of carboxylic acid groups (broad SMARTS) is 1. The van der Waals surface area contributed by atoms with Crippen LogP contribution in [0.1, 0.15) is 99.5 Å². The summed E-state index contributed by atoms with van der Waals surface area (Å²) in [6.45, 7) is 15.8. The zero-order valence-corrected chi connectivity index (χ0v) is 31.3. The molecule has 1 unspecified atom stereocenters. The van der Waals surface area contributed by atoms with Crippen LogP contribution in [0.5, 0.6) is 0 Å². The van der Waals surface area contributed by atoms with E-state index in [1.165, 1.54) is 0 Å². The molecule has 13 heteroatoms. The molecule has 0 aliphatic heterocycles. The van der Waals surface area contributed by atoms with Crippen LogP contribution in [0.25, 0.3) is 0 Å². The van der Waals surface area contributed by atoms with E-state index < -0.39 is 42.0 Å².